The van der Waals surface area contributed by atoms with Gasteiger partial charge in [-0.3, -0.25) is 0 Å². The first-order chi connectivity index (χ1) is 6.69. The van der Waals surface area contributed by atoms with Gasteiger partial charge in [-0.2, -0.15) is 0 Å². The third-order valence-corrected chi connectivity index (χ3v) is 3.14. The second-order valence-electron chi connectivity index (χ2n) is 3.97. The highest BCUT2D eigenvalue weighted by atomic mass is 14.3. The van der Waals surface area contributed by atoms with E-state index in [1.165, 1.54) is 11.1 Å². The van der Waals surface area contributed by atoms with Gasteiger partial charge in [0.1, 0.15) is 0 Å². The van der Waals surface area contributed by atoms with Crippen LogP contribution in [0.2, 0.25) is 0 Å². The number of hydrogen-bond acceptors (Lipinski definition) is 0. The maximum absolute atomic E-state index is 3.96. The van der Waals surface area contributed by atoms with Gasteiger partial charge in [0.05, 0.1) is 0 Å². The minimum atomic E-state index is 0.170. The lowest BCUT2D eigenvalue weighted by Crippen LogP contribution is -2.17. The van der Waals surface area contributed by atoms with Crippen LogP contribution in [0.5, 0.6) is 0 Å². The zero-order valence-electron chi connectivity index (χ0n) is 9.34. The van der Waals surface area contributed by atoms with Crippen molar-refractivity contribution < 1.29 is 0 Å². The molecule has 1 aliphatic carbocycles. The second-order valence-corrected chi connectivity index (χ2v) is 3.97. The van der Waals surface area contributed by atoms with E-state index < -0.39 is 0 Å². The highest BCUT2D eigenvalue weighted by molar-refractivity contribution is 5.40. The zero-order chi connectivity index (χ0) is 10.6. The van der Waals surface area contributed by atoms with Crippen LogP contribution in [-0.4, -0.2) is 0 Å². The Morgan fingerprint density at radius 3 is 2.57 bits per heavy atom. The molecular formula is C14H20. The molecule has 1 aliphatic rings. The number of allylic oxidation sites excluding steroid dienone is 6. The van der Waals surface area contributed by atoms with E-state index in [9.17, 15) is 0 Å². The van der Waals surface area contributed by atoms with Crippen molar-refractivity contribution in [1.29, 1.82) is 0 Å². The van der Waals surface area contributed by atoms with Gasteiger partial charge in [0, 0.05) is 5.41 Å². The van der Waals surface area contributed by atoms with E-state index in [1.807, 2.05) is 6.08 Å². The Labute approximate surface area is 87.7 Å². The molecule has 0 nitrogen and oxygen atoms in total. The molecule has 1 atom stereocenters. The van der Waals surface area contributed by atoms with Crippen LogP contribution in [0.1, 0.15) is 33.1 Å². The summed E-state index contributed by atoms with van der Waals surface area (Å²) in [6, 6.07) is 0. The molecule has 0 saturated carbocycles. The van der Waals surface area contributed by atoms with E-state index in [4.69, 9.17) is 0 Å². The lowest BCUT2D eigenvalue weighted by atomic mass is 9.74. The highest BCUT2D eigenvalue weighted by Crippen LogP contribution is 2.39. The quantitative estimate of drug-likeness (QED) is 0.573. The minimum Gasteiger partial charge on any atom is -0.102 e. The summed E-state index contributed by atoms with van der Waals surface area (Å²) in [5.41, 5.74) is 2.92. The summed E-state index contributed by atoms with van der Waals surface area (Å²) in [6.45, 7) is 12.2. The summed E-state index contributed by atoms with van der Waals surface area (Å²) < 4.78 is 0. The minimum absolute atomic E-state index is 0.170. The van der Waals surface area contributed by atoms with Crippen molar-refractivity contribution in [3.05, 3.63) is 48.6 Å². The second kappa shape index (κ2) is 4.45. The Morgan fingerprint density at radius 1 is 1.43 bits per heavy atom. The first kappa shape index (κ1) is 11.0. The predicted molar refractivity (Wildman–Crippen MR) is 64.2 cm³/mol. The van der Waals surface area contributed by atoms with Gasteiger partial charge >= 0.3 is 0 Å². The van der Waals surface area contributed by atoms with Crippen LogP contribution in [-0.2, 0) is 0 Å². The maximum Gasteiger partial charge on any atom is 0.0102 e. The highest BCUT2D eigenvalue weighted by Gasteiger charge is 2.25. The number of hydrogen-bond donors (Lipinski definition) is 0. The summed E-state index contributed by atoms with van der Waals surface area (Å²) in [5, 5.41) is 0. The average molecular weight is 188 g/mol. The average Bonchev–Trinajstić information content (AvgIpc) is 2.28. The number of rotatable bonds is 4. The first-order valence-electron chi connectivity index (χ1n) is 5.38. The van der Waals surface area contributed by atoms with Gasteiger partial charge < -0.3 is 0 Å². The topological polar surface area (TPSA) is 0 Å². The predicted octanol–water partition coefficient (Wildman–Crippen LogP) is 4.42. The third kappa shape index (κ3) is 2.06. The Balaban J connectivity index is 3.05. The fourth-order valence-electron chi connectivity index (χ4n) is 1.98. The van der Waals surface area contributed by atoms with Crippen LogP contribution in [0.4, 0.5) is 0 Å². The summed E-state index contributed by atoms with van der Waals surface area (Å²) in [5.74, 6) is 0. The Bertz CT molecular complexity index is 291. The molecule has 0 heteroatoms. The van der Waals surface area contributed by atoms with Crippen molar-refractivity contribution >= 4 is 0 Å². The van der Waals surface area contributed by atoms with E-state index in [1.54, 1.807) is 0 Å². The normalized spacial score (nSPS) is 26.4. The van der Waals surface area contributed by atoms with Crippen LogP contribution < -0.4 is 0 Å². The van der Waals surface area contributed by atoms with Crippen molar-refractivity contribution in [1.82, 2.24) is 0 Å². The molecule has 1 unspecified atom stereocenters. The lowest BCUT2D eigenvalue weighted by molar-refractivity contribution is 0.457. The van der Waals surface area contributed by atoms with Crippen molar-refractivity contribution in [3.63, 3.8) is 0 Å². The molecule has 0 amide bonds. The molecule has 0 spiro atoms. The summed E-state index contributed by atoms with van der Waals surface area (Å²) >= 11 is 0. The van der Waals surface area contributed by atoms with Gasteiger partial charge in [0.15, 0.2) is 0 Å². The SMILES string of the molecule is C=CC1=CC(C=C)(CC)CC(CC)=C1. The molecule has 14 heavy (non-hydrogen) atoms. The van der Waals surface area contributed by atoms with Gasteiger partial charge in [-0.05, 0) is 24.8 Å². The molecule has 1 rings (SSSR count). The van der Waals surface area contributed by atoms with Crippen molar-refractivity contribution in [3.8, 4) is 0 Å². The zero-order valence-corrected chi connectivity index (χ0v) is 9.34. The molecule has 0 saturated heterocycles. The first-order valence-corrected chi connectivity index (χ1v) is 5.38. The summed E-state index contributed by atoms with van der Waals surface area (Å²) in [6.07, 6.45) is 11.9. The van der Waals surface area contributed by atoms with Gasteiger partial charge in [0.25, 0.3) is 0 Å². The largest absolute Gasteiger partial charge is 0.102 e. The molecule has 0 N–H and O–H groups in total. The van der Waals surface area contributed by atoms with Gasteiger partial charge in [-0.1, -0.05) is 50.3 Å². The molecular weight excluding hydrogens is 168 g/mol. The fourth-order valence-corrected chi connectivity index (χ4v) is 1.98. The molecule has 0 heterocycles. The van der Waals surface area contributed by atoms with E-state index >= 15 is 0 Å². The molecule has 0 aromatic rings. The van der Waals surface area contributed by atoms with Crippen LogP contribution in [0.15, 0.2) is 48.6 Å². The van der Waals surface area contributed by atoms with Crippen LogP contribution in [0.3, 0.4) is 0 Å². The van der Waals surface area contributed by atoms with E-state index in [0.717, 1.165) is 19.3 Å². The molecule has 0 aliphatic heterocycles. The Hall–Kier alpha value is -1.04. The van der Waals surface area contributed by atoms with Crippen molar-refractivity contribution in [2.45, 2.75) is 33.1 Å². The Morgan fingerprint density at radius 2 is 2.14 bits per heavy atom. The van der Waals surface area contributed by atoms with Crippen molar-refractivity contribution in [2.75, 3.05) is 0 Å². The monoisotopic (exact) mass is 188 g/mol. The lowest BCUT2D eigenvalue weighted by Gasteiger charge is -2.31. The molecule has 0 fully saturated rings. The summed E-state index contributed by atoms with van der Waals surface area (Å²) in [7, 11) is 0. The van der Waals surface area contributed by atoms with Crippen LogP contribution >= 0.6 is 0 Å². The van der Waals surface area contributed by atoms with Crippen molar-refractivity contribution in [2.24, 2.45) is 5.41 Å². The Kier molecular flexibility index (Phi) is 3.51. The van der Waals surface area contributed by atoms with Crippen LogP contribution in [0, 0.1) is 5.41 Å². The molecule has 0 radical (unpaired) electrons. The maximum atomic E-state index is 3.96. The van der Waals surface area contributed by atoms with Gasteiger partial charge in [-0.25, -0.2) is 0 Å². The standard InChI is InChI=1S/C14H20/c1-5-12-9-13(6-2)11-14(7-3,8-4)10-12/h5,7,9-10H,1,3,6,8,11H2,2,4H3. The molecule has 0 aromatic carbocycles. The fraction of sp³-hybridized carbons (Fsp3) is 0.429. The van der Waals surface area contributed by atoms with E-state index in [0.29, 0.717) is 0 Å². The van der Waals surface area contributed by atoms with Gasteiger partial charge in [0.2, 0.25) is 0 Å². The smallest absolute Gasteiger partial charge is 0.0102 e. The molecule has 76 valence electrons. The van der Waals surface area contributed by atoms with E-state index in [-0.39, 0.29) is 5.41 Å². The van der Waals surface area contributed by atoms with Crippen LogP contribution in [0.25, 0.3) is 0 Å². The third-order valence-electron chi connectivity index (χ3n) is 3.14. The van der Waals surface area contributed by atoms with E-state index in [2.05, 4.69) is 45.2 Å². The molecule has 0 aromatic heterocycles. The molecule has 0 bridgehead atoms. The van der Waals surface area contributed by atoms with Gasteiger partial charge in [-0.15, -0.1) is 6.58 Å². The summed E-state index contributed by atoms with van der Waals surface area (Å²) in [4.78, 5) is 0.